The number of sulfonamides is 1. The number of nitrogens with one attached hydrogen (secondary N) is 1. The SMILES string of the molecule is CCC(COC)NS(=O)(=O)c1cccc(F)c1C#N. The summed E-state index contributed by atoms with van der Waals surface area (Å²) in [6, 6.07) is 4.64. The third-order valence-corrected chi connectivity index (χ3v) is 4.12. The standard InChI is InChI=1S/C12H15FN2O3S/c1-3-9(8-18-2)15-19(16,17)12-6-4-5-11(13)10(12)7-14/h4-6,9,15H,3,8H2,1-2H3. The van der Waals surface area contributed by atoms with Crippen LogP contribution in [0.5, 0.6) is 0 Å². The molecule has 0 fully saturated rings. The highest BCUT2D eigenvalue weighted by molar-refractivity contribution is 7.89. The smallest absolute Gasteiger partial charge is 0.242 e. The summed E-state index contributed by atoms with van der Waals surface area (Å²) >= 11 is 0. The molecule has 1 N–H and O–H groups in total. The summed E-state index contributed by atoms with van der Waals surface area (Å²) in [5, 5.41) is 8.85. The molecule has 0 heterocycles. The summed E-state index contributed by atoms with van der Waals surface area (Å²) in [4.78, 5) is -0.357. The molecule has 0 radical (unpaired) electrons. The molecule has 0 saturated heterocycles. The molecule has 1 atom stereocenters. The normalized spacial score (nSPS) is 12.9. The number of halogens is 1. The van der Waals surface area contributed by atoms with Crippen LogP contribution in [0, 0.1) is 17.1 Å². The molecular weight excluding hydrogens is 271 g/mol. The minimum Gasteiger partial charge on any atom is -0.383 e. The van der Waals surface area contributed by atoms with Gasteiger partial charge in [0, 0.05) is 13.2 Å². The molecule has 0 aromatic heterocycles. The zero-order valence-corrected chi connectivity index (χ0v) is 11.5. The van der Waals surface area contributed by atoms with Gasteiger partial charge in [0.05, 0.1) is 6.61 Å². The fraction of sp³-hybridized carbons (Fsp3) is 0.417. The minimum atomic E-state index is -3.95. The van der Waals surface area contributed by atoms with Crippen LogP contribution in [-0.2, 0) is 14.8 Å². The van der Waals surface area contributed by atoms with E-state index in [-0.39, 0.29) is 11.5 Å². The molecule has 0 aliphatic heterocycles. The summed E-state index contributed by atoms with van der Waals surface area (Å²) in [5.74, 6) is -0.856. The predicted octanol–water partition coefficient (Wildman–Crippen LogP) is 1.40. The van der Waals surface area contributed by atoms with Gasteiger partial charge < -0.3 is 4.74 Å². The maximum atomic E-state index is 13.4. The van der Waals surface area contributed by atoms with E-state index < -0.39 is 27.4 Å². The maximum absolute atomic E-state index is 13.4. The Bertz CT molecular complexity index is 581. The molecule has 0 bridgehead atoms. The summed E-state index contributed by atoms with van der Waals surface area (Å²) < 4.78 is 44.9. The van der Waals surface area contributed by atoms with Gasteiger partial charge in [-0.1, -0.05) is 13.0 Å². The number of hydrogen-bond donors (Lipinski definition) is 1. The van der Waals surface area contributed by atoms with Crippen molar-refractivity contribution in [2.24, 2.45) is 0 Å². The Hall–Kier alpha value is -1.49. The highest BCUT2D eigenvalue weighted by Gasteiger charge is 2.23. The Morgan fingerprint density at radius 3 is 2.74 bits per heavy atom. The van der Waals surface area contributed by atoms with Crippen LogP contribution < -0.4 is 4.72 Å². The number of rotatable bonds is 6. The summed E-state index contributed by atoms with van der Waals surface area (Å²) in [5.41, 5.74) is -0.484. The van der Waals surface area contributed by atoms with E-state index in [1.54, 1.807) is 13.0 Å². The molecular formula is C12H15FN2O3S. The summed E-state index contributed by atoms with van der Waals surface area (Å²) in [6.07, 6.45) is 0.518. The van der Waals surface area contributed by atoms with Crippen molar-refractivity contribution in [1.29, 1.82) is 5.26 Å². The second-order valence-electron chi connectivity index (χ2n) is 3.91. The Labute approximate surface area is 112 Å². The largest absolute Gasteiger partial charge is 0.383 e. The van der Waals surface area contributed by atoms with E-state index in [9.17, 15) is 12.8 Å². The lowest BCUT2D eigenvalue weighted by molar-refractivity contribution is 0.173. The summed E-state index contributed by atoms with van der Waals surface area (Å²) in [7, 11) is -2.49. The predicted molar refractivity (Wildman–Crippen MR) is 67.4 cm³/mol. The zero-order valence-electron chi connectivity index (χ0n) is 10.7. The molecule has 0 aliphatic rings. The van der Waals surface area contributed by atoms with Gasteiger partial charge >= 0.3 is 0 Å². The van der Waals surface area contributed by atoms with Crippen molar-refractivity contribution >= 4 is 10.0 Å². The van der Waals surface area contributed by atoms with Gasteiger partial charge in [-0.05, 0) is 18.6 Å². The zero-order chi connectivity index (χ0) is 14.5. The first kappa shape index (κ1) is 15.6. The molecule has 19 heavy (non-hydrogen) atoms. The van der Waals surface area contributed by atoms with Crippen molar-refractivity contribution < 1.29 is 17.5 Å². The van der Waals surface area contributed by atoms with Crippen LogP contribution in [-0.4, -0.2) is 28.2 Å². The number of nitriles is 1. The highest BCUT2D eigenvalue weighted by atomic mass is 32.2. The summed E-state index contributed by atoms with van der Waals surface area (Å²) in [6.45, 7) is 2.00. The van der Waals surface area contributed by atoms with Crippen molar-refractivity contribution in [3.8, 4) is 6.07 Å². The first-order chi connectivity index (χ1) is 8.96. The molecule has 1 aromatic carbocycles. The average Bonchev–Trinajstić information content (AvgIpc) is 2.37. The fourth-order valence-electron chi connectivity index (χ4n) is 1.56. The minimum absolute atomic E-state index is 0.201. The van der Waals surface area contributed by atoms with Crippen molar-refractivity contribution in [1.82, 2.24) is 4.72 Å². The lowest BCUT2D eigenvalue weighted by Gasteiger charge is -2.16. The highest BCUT2D eigenvalue weighted by Crippen LogP contribution is 2.18. The van der Waals surface area contributed by atoms with Crippen LogP contribution >= 0.6 is 0 Å². The van der Waals surface area contributed by atoms with Crippen LogP contribution in [0.25, 0.3) is 0 Å². The average molecular weight is 286 g/mol. The molecule has 0 aliphatic carbocycles. The Balaban J connectivity index is 3.15. The monoisotopic (exact) mass is 286 g/mol. The van der Waals surface area contributed by atoms with Crippen molar-refractivity contribution in [3.05, 3.63) is 29.6 Å². The molecule has 0 spiro atoms. The van der Waals surface area contributed by atoms with E-state index in [0.29, 0.717) is 6.42 Å². The van der Waals surface area contributed by atoms with E-state index in [1.807, 2.05) is 0 Å². The lowest BCUT2D eigenvalue weighted by Crippen LogP contribution is -2.37. The van der Waals surface area contributed by atoms with E-state index in [0.717, 1.165) is 6.07 Å². The Morgan fingerprint density at radius 1 is 1.53 bits per heavy atom. The molecule has 104 valence electrons. The third kappa shape index (κ3) is 3.73. The quantitative estimate of drug-likeness (QED) is 0.857. The maximum Gasteiger partial charge on any atom is 0.242 e. The van der Waals surface area contributed by atoms with E-state index in [1.165, 1.54) is 19.2 Å². The van der Waals surface area contributed by atoms with Gasteiger partial charge in [0.25, 0.3) is 0 Å². The van der Waals surface area contributed by atoms with Crippen molar-refractivity contribution in [3.63, 3.8) is 0 Å². The van der Waals surface area contributed by atoms with Crippen LogP contribution in [0.15, 0.2) is 23.1 Å². The van der Waals surface area contributed by atoms with Gasteiger partial charge in [-0.15, -0.1) is 0 Å². The van der Waals surface area contributed by atoms with Gasteiger partial charge in [0.2, 0.25) is 10.0 Å². The van der Waals surface area contributed by atoms with Crippen LogP contribution in [0.2, 0.25) is 0 Å². The molecule has 0 amide bonds. The second-order valence-corrected chi connectivity index (χ2v) is 5.59. The van der Waals surface area contributed by atoms with Crippen molar-refractivity contribution in [2.45, 2.75) is 24.3 Å². The van der Waals surface area contributed by atoms with Crippen LogP contribution in [0.1, 0.15) is 18.9 Å². The Morgan fingerprint density at radius 2 is 2.21 bits per heavy atom. The van der Waals surface area contributed by atoms with Gasteiger partial charge in [0.1, 0.15) is 22.3 Å². The Kier molecular flexibility index (Phi) is 5.42. The second kappa shape index (κ2) is 6.61. The number of hydrogen-bond acceptors (Lipinski definition) is 4. The molecule has 5 nitrogen and oxygen atoms in total. The molecule has 1 unspecified atom stereocenters. The van der Waals surface area contributed by atoms with Crippen LogP contribution in [0.3, 0.4) is 0 Å². The van der Waals surface area contributed by atoms with Crippen LogP contribution in [0.4, 0.5) is 4.39 Å². The first-order valence-corrected chi connectivity index (χ1v) is 7.14. The van der Waals surface area contributed by atoms with Gasteiger partial charge in [-0.3, -0.25) is 0 Å². The number of nitrogens with zero attached hydrogens (tertiary/aromatic N) is 1. The topological polar surface area (TPSA) is 79.2 Å². The number of benzene rings is 1. The molecule has 0 saturated carbocycles. The van der Waals surface area contributed by atoms with Gasteiger partial charge in [0.15, 0.2) is 0 Å². The van der Waals surface area contributed by atoms with Gasteiger partial charge in [-0.25, -0.2) is 17.5 Å². The van der Waals surface area contributed by atoms with Gasteiger partial charge in [-0.2, -0.15) is 5.26 Å². The van der Waals surface area contributed by atoms with E-state index in [2.05, 4.69) is 4.72 Å². The lowest BCUT2D eigenvalue weighted by atomic mass is 10.2. The molecule has 1 aromatic rings. The number of methoxy groups -OCH3 is 1. The molecule has 7 heteroatoms. The van der Waals surface area contributed by atoms with E-state index >= 15 is 0 Å². The third-order valence-electron chi connectivity index (χ3n) is 2.56. The van der Waals surface area contributed by atoms with E-state index in [4.69, 9.17) is 10.00 Å². The molecule has 1 rings (SSSR count). The van der Waals surface area contributed by atoms with Crippen molar-refractivity contribution in [2.75, 3.05) is 13.7 Å². The fourth-order valence-corrected chi connectivity index (χ4v) is 3.03. The number of ether oxygens (including phenoxy) is 1. The first-order valence-electron chi connectivity index (χ1n) is 5.66.